The number of benzene rings is 1. The molecule has 1 aromatic carbocycles. The number of aliphatic imine (C=N–C) groups is 1. The first kappa shape index (κ1) is 19.7. The van der Waals surface area contributed by atoms with Crippen LogP contribution in [0.15, 0.2) is 46.0 Å². The van der Waals surface area contributed by atoms with Crippen LogP contribution in [0, 0.1) is 20.8 Å². The van der Waals surface area contributed by atoms with Crippen LogP contribution in [0.4, 0.5) is 0 Å². The summed E-state index contributed by atoms with van der Waals surface area (Å²) in [5.41, 5.74) is 5.27. The zero-order chi connectivity index (χ0) is 19.9. The van der Waals surface area contributed by atoms with Crippen LogP contribution in [0.5, 0.6) is 0 Å². The van der Waals surface area contributed by atoms with Gasteiger partial charge in [-0.3, -0.25) is 9.67 Å². The summed E-state index contributed by atoms with van der Waals surface area (Å²) in [6.07, 6.45) is 2.64. The Bertz CT molecular complexity index is 923. The standard InChI is InChI=1S/C21H28N6O/c1-15-6-8-18(9-7-15)20-25-19(14-28-20)13-24-21(22-4)23-10-5-11-27-17(3)12-16(2)26-27/h6-9,12,14H,5,10-11,13H2,1-4H3,(H2,22,23,24). The Hall–Kier alpha value is -3.09. The Labute approximate surface area is 165 Å². The number of guanidine groups is 1. The molecular formula is C21H28N6O. The second-order valence-electron chi connectivity index (χ2n) is 6.87. The van der Waals surface area contributed by atoms with E-state index >= 15 is 0 Å². The summed E-state index contributed by atoms with van der Waals surface area (Å²) < 4.78 is 7.63. The summed E-state index contributed by atoms with van der Waals surface area (Å²) in [5, 5.41) is 11.1. The van der Waals surface area contributed by atoms with Crippen molar-refractivity contribution in [3.63, 3.8) is 0 Å². The third-order valence-corrected chi connectivity index (χ3v) is 4.45. The van der Waals surface area contributed by atoms with Crippen LogP contribution >= 0.6 is 0 Å². The van der Waals surface area contributed by atoms with E-state index < -0.39 is 0 Å². The topological polar surface area (TPSA) is 80.3 Å². The van der Waals surface area contributed by atoms with Gasteiger partial charge in [0, 0.05) is 31.4 Å². The maximum absolute atomic E-state index is 5.60. The number of hydrogen-bond acceptors (Lipinski definition) is 4. The van der Waals surface area contributed by atoms with E-state index in [4.69, 9.17) is 4.42 Å². The van der Waals surface area contributed by atoms with Crippen molar-refractivity contribution in [2.75, 3.05) is 13.6 Å². The Morgan fingerprint density at radius 3 is 2.61 bits per heavy atom. The predicted molar refractivity (Wildman–Crippen MR) is 111 cm³/mol. The molecule has 0 aliphatic heterocycles. The number of rotatable bonds is 7. The lowest BCUT2D eigenvalue weighted by molar-refractivity contribution is 0.555. The van der Waals surface area contributed by atoms with E-state index in [-0.39, 0.29) is 0 Å². The van der Waals surface area contributed by atoms with Crippen molar-refractivity contribution in [2.24, 2.45) is 4.99 Å². The second-order valence-corrected chi connectivity index (χ2v) is 6.87. The largest absolute Gasteiger partial charge is 0.444 e. The van der Waals surface area contributed by atoms with Gasteiger partial charge in [-0.15, -0.1) is 0 Å². The monoisotopic (exact) mass is 380 g/mol. The van der Waals surface area contributed by atoms with Gasteiger partial charge in [0.2, 0.25) is 5.89 Å². The minimum atomic E-state index is 0.548. The highest BCUT2D eigenvalue weighted by Gasteiger charge is 2.07. The average Bonchev–Trinajstić information content (AvgIpc) is 3.28. The van der Waals surface area contributed by atoms with Crippen molar-refractivity contribution in [1.29, 1.82) is 0 Å². The minimum Gasteiger partial charge on any atom is -0.444 e. The highest BCUT2D eigenvalue weighted by Crippen LogP contribution is 2.18. The number of hydrogen-bond donors (Lipinski definition) is 2. The molecule has 0 aliphatic rings. The van der Waals surface area contributed by atoms with Gasteiger partial charge in [-0.25, -0.2) is 4.98 Å². The van der Waals surface area contributed by atoms with Crippen molar-refractivity contribution in [2.45, 2.75) is 40.3 Å². The minimum absolute atomic E-state index is 0.548. The van der Waals surface area contributed by atoms with E-state index in [1.807, 2.05) is 23.7 Å². The normalized spacial score (nSPS) is 11.6. The molecule has 0 aliphatic carbocycles. The molecule has 3 aromatic rings. The van der Waals surface area contributed by atoms with Crippen LogP contribution in [-0.2, 0) is 13.1 Å². The molecule has 0 amide bonds. The Morgan fingerprint density at radius 2 is 1.93 bits per heavy atom. The van der Waals surface area contributed by atoms with Gasteiger partial charge in [0.05, 0.1) is 17.9 Å². The van der Waals surface area contributed by atoms with Crippen LogP contribution in [0.1, 0.15) is 29.1 Å². The summed E-state index contributed by atoms with van der Waals surface area (Å²) in [6.45, 7) is 8.40. The molecule has 28 heavy (non-hydrogen) atoms. The molecule has 7 heteroatoms. The van der Waals surface area contributed by atoms with Crippen LogP contribution < -0.4 is 10.6 Å². The van der Waals surface area contributed by atoms with Gasteiger partial charge in [-0.05, 0) is 45.4 Å². The first-order chi connectivity index (χ1) is 13.5. The highest BCUT2D eigenvalue weighted by atomic mass is 16.3. The molecule has 0 fully saturated rings. The van der Waals surface area contributed by atoms with Crippen molar-refractivity contribution >= 4 is 5.96 Å². The molecule has 0 radical (unpaired) electrons. The van der Waals surface area contributed by atoms with Gasteiger partial charge < -0.3 is 15.1 Å². The zero-order valence-corrected chi connectivity index (χ0v) is 17.0. The lowest BCUT2D eigenvalue weighted by Crippen LogP contribution is -2.37. The smallest absolute Gasteiger partial charge is 0.226 e. The van der Waals surface area contributed by atoms with E-state index in [1.165, 1.54) is 11.3 Å². The third kappa shape index (κ3) is 5.22. The van der Waals surface area contributed by atoms with Crippen molar-refractivity contribution in [3.05, 3.63) is 59.2 Å². The van der Waals surface area contributed by atoms with E-state index in [0.29, 0.717) is 12.4 Å². The highest BCUT2D eigenvalue weighted by molar-refractivity contribution is 5.79. The second kappa shape index (κ2) is 9.21. The summed E-state index contributed by atoms with van der Waals surface area (Å²) in [7, 11) is 1.76. The van der Waals surface area contributed by atoms with E-state index in [0.717, 1.165) is 42.4 Å². The first-order valence-corrected chi connectivity index (χ1v) is 9.52. The fraction of sp³-hybridized carbons (Fsp3) is 0.381. The molecular weight excluding hydrogens is 352 g/mol. The average molecular weight is 380 g/mol. The molecule has 0 atom stereocenters. The Balaban J connectivity index is 1.44. The lowest BCUT2D eigenvalue weighted by atomic mass is 10.1. The van der Waals surface area contributed by atoms with E-state index in [1.54, 1.807) is 13.3 Å². The molecule has 2 aromatic heterocycles. The molecule has 2 heterocycles. The van der Waals surface area contributed by atoms with Gasteiger partial charge in [0.1, 0.15) is 6.26 Å². The Morgan fingerprint density at radius 1 is 1.14 bits per heavy atom. The molecule has 0 spiro atoms. The van der Waals surface area contributed by atoms with Gasteiger partial charge >= 0.3 is 0 Å². The van der Waals surface area contributed by atoms with Crippen molar-refractivity contribution < 1.29 is 4.42 Å². The maximum Gasteiger partial charge on any atom is 0.226 e. The molecule has 0 saturated heterocycles. The molecule has 148 valence electrons. The van der Waals surface area contributed by atoms with Crippen LogP contribution in [0.3, 0.4) is 0 Å². The number of aryl methyl sites for hydroxylation is 4. The zero-order valence-electron chi connectivity index (χ0n) is 17.0. The van der Waals surface area contributed by atoms with Gasteiger partial charge in [0.25, 0.3) is 0 Å². The molecule has 0 unspecified atom stereocenters. The van der Waals surface area contributed by atoms with Gasteiger partial charge in [0.15, 0.2) is 5.96 Å². The molecule has 2 N–H and O–H groups in total. The Kier molecular flexibility index (Phi) is 6.47. The first-order valence-electron chi connectivity index (χ1n) is 9.52. The lowest BCUT2D eigenvalue weighted by Gasteiger charge is -2.11. The number of aromatic nitrogens is 3. The van der Waals surface area contributed by atoms with E-state index in [9.17, 15) is 0 Å². The molecule has 3 rings (SSSR count). The van der Waals surface area contributed by atoms with Crippen LogP contribution in [0.2, 0.25) is 0 Å². The van der Waals surface area contributed by atoms with Gasteiger partial charge in [-0.1, -0.05) is 17.7 Å². The fourth-order valence-corrected chi connectivity index (χ4v) is 2.95. The third-order valence-electron chi connectivity index (χ3n) is 4.45. The predicted octanol–water partition coefficient (Wildman–Crippen LogP) is 3.22. The summed E-state index contributed by atoms with van der Waals surface area (Å²) in [6, 6.07) is 10.2. The summed E-state index contributed by atoms with van der Waals surface area (Å²) in [5.74, 6) is 1.37. The molecule has 0 bridgehead atoms. The number of nitrogens with one attached hydrogen (secondary N) is 2. The fourth-order valence-electron chi connectivity index (χ4n) is 2.95. The van der Waals surface area contributed by atoms with Gasteiger partial charge in [-0.2, -0.15) is 5.10 Å². The number of oxazole rings is 1. The SMILES string of the molecule is CN=C(NCCCn1nc(C)cc1C)NCc1coc(-c2ccc(C)cc2)n1. The van der Waals surface area contributed by atoms with Crippen molar-refractivity contribution in [3.8, 4) is 11.5 Å². The maximum atomic E-state index is 5.60. The summed E-state index contributed by atoms with van der Waals surface area (Å²) >= 11 is 0. The molecule has 0 saturated carbocycles. The van der Waals surface area contributed by atoms with Crippen LogP contribution in [0.25, 0.3) is 11.5 Å². The quantitative estimate of drug-likeness (QED) is 0.374. The van der Waals surface area contributed by atoms with Crippen molar-refractivity contribution in [1.82, 2.24) is 25.4 Å². The number of nitrogens with zero attached hydrogens (tertiary/aromatic N) is 4. The van der Waals surface area contributed by atoms with E-state index in [2.05, 4.69) is 57.8 Å². The molecule has 7 nitrogen and oxygen atoms in total. The van der Waals surface area contributed by atoms with Crippen LogP contribution in [-0.4, -0.2) is 34.3 Å². The summed E-state index contributed by atoms with van der Waals surface area (Å²) in [4.78, 5) is 8.80.